The number of benzene rings is 3. The maximum absolute atomic E-state index is 13.4. The number of ether oxygens (including phenoxy) is 1. The summed E-state index contributed by atoms with van der Waals surface area (Å²) in [7, 11) is 0. The van der Waals surface area contributed by atoms with Crippen LogP contribution in [-0.2, 0) is 4.74 Å². The molecule has 0 atom stereocenters. The summed E-state index contributed by atoms with van der Waals surface area (Å²) in [6, 6.07) is 21.9. The summed E-state index contributed by atoms with van der Waals surface area (Å²) in [5, 5.41) is 0. The summed E-state index contributed by atoms with van der Waals surface area (Å²) in [6.45, 7) is 5.72. The number of carbonyl (C=O) groups is 1. The van der Waals surface area contributed by atoms with Gasteiger partial charge < -0.3 is 9.64 Å². The summed E-state index contributed by atoms with van der Waals surface area (Å²) in [5.41, 5.74) is 2.44. The lowest BCUT2D eigenvalue weighted by atomic mass is 10.0. The number of rotatable bonds is 10. The minimum Gasteiger partial charge on any atom is -0.367 e. The molecule has 1 fully saturated rings. The summed E-state index contributed by atoms with van der Waals surface area (Å²) in [4.78, 5) is 17.0. The summed E-state index contributed by atoms with van der Waals surface area (Å²) >= 11 is 0. The van der Waals surface area contributed by atoms with Gasteiger partial charge in [0.1, 0.15) is 17.7 Å². The van der Waals surface area contributed by atoms with Gasteiger partial charge in [-0.3, -0.25) is 9.69 Å². The van der Waals surface area contributed by atoms with E-state index in [2.05, 4.69) is 9.80 Å². The molecule has 34 heavy (non-hydrogen) atoms. The molecule has 0 N–H and O–H groups in total. The Morgan fingerprint density at radius 3 is 1.76 bits per heavy atom. The lowest BCUT2D eigenvalue weighted by Crippen LogP contribution is -2.47. The Bertz CT molecular complexity index is 989. The number of carbonyl (C=O) groups excluding carboxylic acids is 1. The highest BCUT2D eigenvalue weighted by molar-refractivity contribution is 5.96. The first-order valence-corrected chi connectivity index (χ1v) is 11.7. The minimum atomic E-state index is -0.383. The van der Waals surface area contributed by atoms with Gasteiger partial charge in [-0.25, -0.2) is 8.78 Å². The molecule has 0 amide bonds. The molecule has 1 heterocycles. The summed E-state index contributed by atoms with van der Waals surface area (Å²) in [6.07, 6.45) is 0.149. The molecule has 1 aliphatic heterocycles. The van der Waals surface area contributed by atoms with E-state index in [-0.39, 0.29) is 23.5 Å². The van der Waals surface area contributed by atoms with Crippen LogP contribution in [0.15, 0.2) is 78.9 Å². The number of piperazine rings is 1. The zero-order valence-electron chi connectivity index (χ0n) is 19.2. The highest BCUT2D eigenvalue weighted by Gasteiger charge is 2.20. The van der Waals surface area contributed by atoms with Crippen molar-refractivity contribution in [2.24, 2.45) is 0 Å². The Labute approximate surface area is 199 Å². The molecule has 0 radical (unpaired) electrons. The maximum atomic E-state index is 13.4. The SMILES string of the molecule is O=C(CCN1CCN(CCOC(c2ccc(F)cc2)c2ccc(F)cc2)CC1)c1ccccc1. The van der Waals surface area contributed by atoms with Crippen molar-refractivity contribution in [3.05, 3.63) is 107 Å². The van der Waals surface area contributed by atoms with E-state index in [4.69, 9.17) is 4.74 Å². The van der Waals surface area contributed by atoms with Crippen LogP contribution < -0.4 is 0 Å². The third-order valence-corrected chi connectivity index (χ3v) is 6.25. The fourth-order valence-electron chi connectivity index (χ4n) is 4.22. The van der Waals surface area contributed by atoms with Crippen LogP contribution in [0.25, 0.3) is 0 Å². The van der Waals surface area contributed by atoms with Crippen LogP contribution in [-0.4, -0.2) is 61.5 Å². The molecular formula is C28H30F2N2O2. The van der Waals surface area contributed by atoms with E-state index < -0.39 is 0 Å². The van der Waals surface area contributed by atoms with Crippen LogP contribution in [0.4, 0.5) is 8.78 Å². The van der Waals surface area contributed by atoms with E-state index in [1.165, 1.54) is 24.3 Å². The van der Waals surface area contributed by atoms with E-state index in [0.717, 1.165) is 56.0 Å². The van der Waals surface area contributed by atoms with Crippen LogP contribution in [0.1, 0.15) is 34.0 Å². The lowest BCUT2D eigenvalue weighted by molar-refractivity contribution is 0.0449. The van der Waals surface area contributed by atoms with Gasteiger partial charge in [0.15, 0.2) is 5.78 Å². The molecule has 6 heteroatoms. The van der Waals surface area contributed by atoms with Crippen LogP contribution in [0.2, 0.25) is 0 Å². The van der Waals surface area contributed by atoms with Gasteiger partial charge in [-0.05, 0) is 35.4 Å². The van der Waals surface area contributed by atoms with Gasteiger partial charge >= 0.3 is 0 Å². The zero-order valence-corrected chi connectivity index (χ0v) is 19.2. The third kappa shape index (κ3) is 6.79. The van der Waals surface area contributed by atoms with Crippen molar-refractivity contribution in [2.75, 3.05) is 45.9 Å². The second-order valence-electron chi connectivity index (χ2n) is 8.58. The third-order valence-electron chi connectivity index (χ3n) is 6.25. The van der Waals surface area contributed by atoms with Crippen molar-refractivity contribution >= 4 is 5.78 Å². The fourth-order valence-corrected chi connectivity index (χ4v) is 4.22. The van der Waals surface area contributed by atoms with Crippen molar-refractivity contribution in [1.29, 1.82) is 0 Å². The van der Waals surface area contributed by atoms with Crippen molar-refractivity contribution < 1.29 is 18.3 Å². The number of hydrogen-bond donors (Lipinski definition) is 0. The predicted octanol–water partition coefficient (Wildman–Crippen LogP) is 4.96. The van der Waals surface area contributed by atoms with Crippen LogP contribution in [0, 0.1) is 11.6 Å². The van der Waals surface area contributed by atoms with Crippen LogP contribution in [0.5, 0.6) is 0 Å². The normalized spacial score (nSPS) is 15.0. The number of ketones is 1. The standard InChI is InChI=1S/C28H30F2N2O2/c29-25-10-6-23(7-11-25)28(24-8-12-26(30)13-9-24)34-21-20-32-18-16-31(17-19-32)15-14-27(33)22-4-2-1-3-5-22/h1-13,28H,14-21H2. The molecule has 4 rings (SSSR count). The van der Waals surface area contributed by atoms with Crippen molar-refractivity contribution in [3.63, 3.8) is 0 Å². The second kappa shape index (κ2) is 12.0. The van der Waals surface area contributed by atoms with E-state index in [0.29, 0.717) is 13.0 Å². The first-order valence-electron chi connectivity index (χ1n) is 11.7. The fraction of sp³-hybridized carbons (Fsp3) is 0.321. The molecular weight excluding hydrogens is 434 g/mol. The van der Waals surface area contributed by atoms with E-state index in [1.807, 2.05) is 30.3 Å². The Balaban J connectivity index is 1.24. The number of halogens is 2. The largest absolute Gasteiger partial charge is 0.367 e. The number of hydrogen-bond acceptors (Lipinski definition) is 4. The molecule has 0 spiro atoms. The van der Waals surface area contributed by atoms with Crippen molar-refractivity contribution in [3.8, 4) is 0 Å². The van der Waals surface area contributed by atoms with Crippen molar-refractivity contribution in [2.45, 2.75) is 12.5 Å². The van der Waals surface area contributed by atoms with Gasteiger partial charge in [-0.1, -0.05) is 54.6 Å². The van der Waals surface area contributed by atoms with E-state index in [1.54, 1.807) is 24.3 Å². The smallest absolute Gasteiger partial charge is 0.164 e. The second-order valence-corrected chi connectivity index (χ2v) is 8.58. The van der Waals surface area contributed by atoms with Crippen LogP contribution >= 0.6 is 0 Å². The predicted molar refractivity (Wildman–Crippen MR) is 129 cm³/mol. The molecule has 0 aliphatic carbocycles. The lowest BCUT2D eigenvalue weighted by Gasteiger charge is -2.34. The van der Waals surface area contributed by atoms with E-state index >= 15 is 0 Å². The molecule has 4 nitrogen and oxygen atoms in total. The van der Waals surface area contributed by atoms with Crippen molar-refractivity contribution in [1.82, 2.24) is 9.80 Å². The maximum Gasteiger partial charge on any atom is 0.164 e. The topological polar surface area (TPSA) is 32.8 Å². The number of Topliss-reactive ketones (excluding diaryl/α,β-unsaturated/α-hetero) is 1. The molecule has 0 unspecified atom stereocenters. The highest BCUT2D eigenvalue weighted by atomic mass is 19.1. The highest BCUT2D eigenvalue weighted by Crippen LogP contribution is 2.26. The molecule has 0 aromatic heterocycles. The molecule has 1 saturated heterocycles. The monoisotopic (exact) mass is 464 g/mol. The van der Waals surface area contributed by atoms with Crippen LogP contribution in [0.3, 0.4) is 0 Å². The van der Waals surface area contributed by atoms with E-state index in [9.17, 15) is 13.6 Å². The average Bonchev–Trinajstić information content (AvgIpc) is 2.88. The van der Waals surface area contributed by atoms with Gasteiger partial charge in [-0.15, -0.1) is 0 Å². The molecule has 0 bridgehead atoms. The van der Waals surface area contributed by atoms with Gasteiger partial charge in [-0.2, -0.15) is 0 Å². The molecule has 1 aliphatic rings. The first kappa shape index (κ1) is 24.2. The zero-order chi connectivity index (χ0) is 23.8. The van der Waals surface area contributed by atoms with Gasteiger partial charge in [0.05, 0.1) is 6.61 Å². The minimum absolute atomic E-state index is 0.184. The molecule has 3 aromatic rings. The van der Waals surface area contributed by atoms with Gasteiger partial charge in [0.25, 0.3) is 0 Å². The molecule has 3 aromatic carbocycles. The Morgan fingerprint density at radius 2 is 1.24 bits per heavy atom. The Morgan fingerprint density at radius 1 is 0.735 bits per heavy atom. The van der Waals surface area contributed by atoms with Gasteiger partial charge in [0.2, 0.25) is 0 Å². The average molecular weight is 465 g/mol. The van der Waals surface area contributed by atoms with Gasteiger partial charge in [0, 0.05) is 51.3 Å². The Kier molecular flexibility index (Phi) is 8.52. The Hall–Kier alpha value is -2.93. The quantitative estimate of drug-likeness (QED) is 0.397. The summed E-state index contributed by atoms with van der Waals surface area (Å²) in [5.74, 6) is -0.418. The molecule has 178 valence electrons. The number of nitrogens with zero attached hydrogens (tertiary/aromatic N) is 2. The molecule has 0 saturated carbocycles. The first-order chi connectivity index (χ1) is 16.6. The summed E-state index contributed by atoms with van der Waals surface area (Å²) < 4.78 is 33.0.